The second-order valence-corrected chi connectivity index (χ2v) is 4.18. The van der Waals surface area contributed by atoms with Gasteiger partial charge in [0.05, 0.1) is 0 Å². The van der Waals surface area contributed by atoms with Crippen LogP contribution < -0.4 is 0 Å². The zero-order valence-electron chi connectivity index (χ0n) is 8.85. The van der Waals surface area contributed by atoms with Crippen molar-refractivity contribution in [3.05, 3.63) is 12.2 Å². The standard InChI is InChI=1S/C11H20O/c1-6-7-8-11(4,5)10(12)9(2)3/h6-7,9H,8H2,1-5H3/b7-6-. The topological polar surface area (TPSA) is 17.1 Å². The average molecular weight is 168 g/mol. The Hall–Kier alpha value is -0.590. The lowest BCUT2D eigenvalue weighted by Gasteiger charge is -2.23. The van der Waals surface area contributed by atoms with Gasteiger partial charge in [0, 0.05) is 11.3 Å². The zero-order chi connectivity index (χ0) is 9.78. The minimum Gasteiger partial charge on any atom is -0.299 e. The Morgan fingerprint density at radius 2 is 1.92 bits per heavy atom. The van der Waals surface area contributed by atoms with Gasteiger partial charge < -0.3 is 0 Å². The molecule has 0 aliphatic rings. The first-order chi connectivity index (χ1) is 5.41. The summed E-state index contributed by atoms with van der Waals surface area (Å²) < 4.78 is 0. The van der Waals surface area contributed by atoms with E-state index in [0.717, 1.165) is 6.42 Å². The van der Waals surface area contributed by atoms with E-state index in [1.807, 2.05) is 40.7 Å². The normalized spacial score (nSPS) is 12.8. The maximum atomic E-state index is 11.6. The maximum Gasteiger partial charge on any atom is 0.141 e. The van der Waals surface area contributed by atoms with E-state index in [-0.39, 0.29) is 11.3 Å². The van der Waals surface area contributed by atoms with Crippen LogP contribution >= 0.6 is 0 Å². The predicted octanol–water partition coefficient (Wildman–Crippen LogP) is 3.20. The van der Waals surface area contributed by atoms with Crippen LogP contribution in [0.5, 0.6) is 0 Å². The van der Waals surface area contributed by atoms with Crippen molar-refractivity contribution in [2.45, 2.75) is 41.0 Å². The molecule has 0 saturated carbocycles. The molecule has 0 fully saturated rings. The predicted molar refractivity (Wildman–Crippen MR) is 53.1 cm³/mol. The molecule has 12 heavy (non-hydrogen) atoms. The molecule has 0 unspecified atom stereocenters. The van der Waals surface area contributed by atoms with E-state index >= 15 is 0 Å². The lowest BCUT2D eigenvalue weighted by atomic mass is 9.80. The Kier molecular flexibility index (Phi) is 4.22. The van der Waals surface area contributed by atoms with E-state index in [9.17, 15) is 4.79 Å². The molecule has 0 aromatic heterocycles. The van der Waals surface area contributed by atoms with Gasteiger partial charge in [0.15, 0.2) is 0 Å². The van der Waals surface area contributed by atoms with Gasteiger partial charge in [-0.25, -0.2) is 0 Å². The van der Waals surface area contributed by atoms with Gasteiger partial charge in [0.2, 0.25) is 0 Å². The summed E-state index contributed by atoms with van der Waals surface area (Å²) in [4.78, 5) is 11.6. The molecule has 0 radical (unpaired) electrons. The Balaban J connectivity index is 4.28. The first-order valence-corrected chi connectivity index (χ1v) is 4.57. The third-order valence-electron chi connectivity index (χ3n) is 2.06. The molecular formula is C11H20O. The number of rotatable bonds is 4. The van der Waals surface area contributed by atoms with E-state index in [0.29, 0.717) is 5.78 Å². The summed E-state index contributed by atoms with van der Waals surface area (Å²) in [5, 5.41) is 0. The molecule has 0 atom stereocenters. The van der Waals surface area contributed by atoms with Crippen LogP contribution in [0, 0.1) is 11.3 Å². The van der Waals surface area contributed by atoms with Crippen molar-refractivity contribution in [1.82, 2.24) is 0 Å². The molecular weight excluding hydrogens is 148 g/mol. The molecule has 1 nitrogen and oxygen atoms in total. The molecule has 0 bridgehead atoms. The fourth-order valence-electron chi connectivity index (χ4n) is 1.29. The molecule has 0 aromatic carbocycles. The number of carbonyl (C=O) groups excluding carboxylic acids is 1. The summed E-state index contributed by atoms with van der Waals surface area (Å²) >= 11 is 0. The lowest BCUT2D eigenvalue weighted by Crippen LogP contribution is -2.27. The van der Waals surface area contributed by atoms with Gasteiger partial charge >= 0.3 is 0 Å². The zero-order valence-corrected chi connectivity index (χ0v) is 8.85. The quantitative estimate of drug-likeness (QED) is 0.589. The van der Waals surface area contributed by atoms with Gasteiger partial charge in [0.1, 0.15) is 5.78 Å². The first kappa shape index (κ1) is 11.4. The second kappa shape index (κ2) is 4.44. The van der Waals surface area contributed by atoms with Gasteiger partial charge in [-0.15, -0.1) is 0 Å². The molecule has 70 valence electrons. The maximum absolute atomic E-state index is 11.6. The van der Waals surface area contributed by atoms with Crippen molar-refractivity contribution < 1.29 is 4.79 Å². The monoisotopic (exact) mass is 168 g/mol. The van der Waals surface area contributed by atoms with Crippen molar-refractivity contribution in [2.24, 2.45) is 11.3 Å². The van der Waals surface area contributed by atoms with Crippen molar-refractivity contribution in [3.8, 4) is 0 Å². The van der Waals surface area contributed by atoms with Crippen molar-refractivity contribution >= 4 is 5.78 Å². The molecule has 0 amide bonds. The summed E-state index contributed by atoms with van der Waals surface area (Å²) in [5.74, 6) is 0.492. The fraction of sp³-hybridized carbons (Fsp3) is 0.727. The molecule has 0 aliphatic heterocycles. The highest BCUT2D eigenvalue weighted by Gasteiger charge is 2.27. The van der Waals surface area contributed by atoms with Crippen LogP contribution in [0.15, 0.2) is 12.2 Å². The van der Waals surface area contributed by atoms with E-state index in [1.54, 1.807) is 0 Å². The number of carbonyl (C=O) groups is 1. The van der Waals surface area contributed by atoms with Gasteiger partial charge in [-0.2, -0.15) is 0 Å². The van der Waals surface area contributed by atoms with Crippen LogP contribution in [0.25, 0.3) is 0 Å². The van der Waals surface area contributed by atoms with Crippen molar-refractivity contribution in [1.29, 1.82) is 0 Å². The van der Waals surface area contributed by atoms with Crippen LogP contribution in [0.2, 0.25) is 0 Å². The van der Waals surface area contributed by atoms with E-state index in [4.69, 9.17) is 0 Å². The van der Waals surface area contributed by atoms with Crippen molar-refractivity contribution in [2.75, 3.05) is 0 Å². The molecule has 0 saturated heterocycles. The Bertz CT molecular complexity index is 175. The lowest BCUT2D eigenvalue weighted by molar-refractivity contribution is -0.130. The fourth-order valence-corrected chi connectivity index (χ4v) is 1.29. The average Bonchev–Trinajstić information content (AvgIpc) is 1.99. The third kappa shape index (κ3) is 3.21. The number of hydrogen-bond donors (Lipinski definition) is 0. The minimum absolute atomic E-state index is 0.144. The SMILES string of the molecule is C/C=C\CC(C)(C)C(=O)C(C)C. The third-order valence-corrected chi connectivity index (χ3v) is 2.06. The van der Waals surface area contributed by atoms with Gasteiger partial charge in [-0.1, -0.05) is 39.8 Å². The summed E-state index contributed by atoms with van der Waals surface area (Å²) in [6, 6.07) is 0. The molecule has 0 aromatic rings. The smallest absolute Gasteiger partial charge is 0.141 e. The molecule has 0 rings (SSSR count). The number of ketones is 1. The van der Waals surface area contributed by atoms with E-state index in [2.05, 4.69) is 6.08 Å². The van der Waals surface area contributed by atoms with Crippen LogP contribution in [0.4, 0.5) is 0 Å². The van der Waals surface area contributed by atoms with Crippen LogP contribution in [0.3, 0.4) is 0 Å². The Labute approximate surface area is 75.9 Å². The van der Waals surface area contributed by atoms with Gasteiger partial charge in [-0.05, 0) is 13.3 Å². The largest absolute Gasteiger partial charge is 0.299 e. The number of Topliss-reactive ketones (excluding diaryl/α,β-unsaturated/α-hetero) is 1. The minimum atomic E-state index is -0.194. The molecule has 1 heteroatoms. The number of hydrogen-bond acceptors (Lipinski definition) is 1. The highest BCUT2D eigenvalue weighted by molar-refractivity contribution is 5.85. The molecule has 0 N–H and O–H groups in total. The molecule has 0 aliphatic carbocycles. The summed E-state index contributed by atoms with van der Waals surface area (Å²) in [6.07, 6.45) is 4.90. The Morgan fingerprint density at radius 1 is 1.42 bits per heavy atom. The number of allylic oxidation sites excluding steroid dienone is 2. The summed E-state index contributed by atoms with van der Waals surface area (Å²) in [7, 11) is 0. The van der Waals surface area contributed by atoms with E-state index in [1.165, 1.54) is 0 Å². The summed E-state index contributed by atoms with van der Waals surface area (Å²) in [5.41, 5.74) is -0.194. The van der Waals surface area contributed by atoms with Gasteiger partial charge in [0.25, 0.3) is 0 Å². The molecule has 0 heterocycles. The Morgan fingerprint density at radius 3 is 2.25 bits per heavy atom. The van der Waals surface area contributed by atoms with Crippen molar-refractivity contribution in [3.63, 3.8) is 0 Å². The van der Waals surface area contributed by atoms with E-state index < -0.39 is 0 Å². The first-order valence-electron chi connectivity index (χ1n) is 4.57. The highest BCUT2D eigenvalue weighted by Crippen LogP contribution is 2.25. The van der Waals surface area contributed by atoms with Crippen LogP contribution in [-0.2, 0) is 4.79 Å². The molecule has 0 spiro atoms. The van der Waals surface area contributed by atoms with Gasteiger partial charge in [-0.3, -0.25) is 4.79 Å². The van der Waals surface area contributed by atoms with Crippen LogP contribution in [0.1, 0.15) is 41.0 Å². The highest BCUT2D eigenvalue weighted by atomic mass is 16.1. The second-order valence-electron chi connectivity index (χ2n) is 4.18. The van der Waals surface area contributed by atoms with Crippen LogP contribution in [-0.4, -0.2) is 5.78 Å². The summed E-state index contributed by atoms with van der Waals surface area (Å²) in [6.45, 7) is 9.92.